The Labute approximate surface area is 130 Å². The van der Waals surface area contributed by atoms with Crippen molar-refractivity contribution in [3.05, 3.63) is 26.6 Å². The van der Waals surface area contributed by atoms with Crippen molar-refractivity contribution in [3.8, 4) is 0 Å². The Morgan fingerprint density at radius 2 is 2.06 bits per heavy atom. The summed E-state index contributed by atoms with van der Waals surface area (Å²) < 4.78 is 25.2. The van der Waals surface area contributed by atoms with Crippen LogP contribution in [-0.4, -0.2) is 17.9 Å². The maximum atomic E-state index is 7.85. The zero-order valence-electron chi connectivity index (χ0n) is 13.3. The van der Waals surface area contributed by atoms with Gasteiger partial charge in [-0.05, 0) is 53.4 Å². The highest BCUT2D eigenvalue weighted by Crippen LogP contribution is 2.30. The number of hydrogen-bond acceptors (Lipinski definition) is 2. The van der Waals surface area contributed by atoms with E-state index in [0.717, 1.165) is 40.2 Å². The Morgan fingerprint density at radius 1 is 1.33 bits per heavy atom. The van der Waals surface area contributed by atoms with Crippen LogP contribution in [0.15, 0.2) is 21.1 Å². The molecule has 0 aromatic heterocycles. The number of benzene rings is 1. The van der Waals surface area contributed by atoms with Crippen LogP contribution in [0.25, 0.3) is 0 Å². The summed E-state index contributed by atoms with van der Waals surface area (Å²) in [5.41, 5.74) is 7.55. The van der Waals surface area contributed by atoms with Crippen molar-refractivity contribution in [1.82, 2.24) is 4.90 Å². The molecule has 18 heavy (non-hydrogen) atoms. The molecule has 4 heteroatoms. The number of halogens is 2. The summed E-state index contributed by atoms with van der Waals surface area (Å²) >= 11 is 6.86. The second-order valence-electron chi connectivity index (χ2n) is 4.88. The van der Waals surface area contributed by atoms with E-state index in [4.69, 9.17) is 9.85 Å². The molecule has 1 aromatic rings. The van der Waals surface area contributed by atoms with Gasteiger partial charge in [0.25, 0.3) is 0 Å². The number of nitrogens with two attached hydrogens (primary N) is 1. The van der Waals surface area contributed by atoms with Gasteiger partial charge in [-0.1, -0.05) is 35.2 Å². The minimum atomic E-state index is -2.09. The molecular weight excluding hydrogens is 356 g/mol. The van der Waals surface area contributed by atoms with E-state index in [1.54, 1.807) is 4.90 Å². The minimum absolute atomic E-state index is 0.114. The molecule has 0 aliphatic heterocycles. The number of anilines is 1. The van der Waals surface area contributed by atoms with Crippen LogP contribution in [0.1, 0.15) is 41.8 Å². The van der Waals surface area contributed by atoms with Crippen molar-refractivity contribution in [2.24, 2.45) is 0 Å². The van der Waals surface area contributed by atoms with Crippen molar-refractivity contribution in [2.45, 2.75) is 44.7 Å². The van der Waals surface area contributed by atoms with E-state index in [9.17, 15) is 0 Å². The zero-order chi connectivity index (χ0) is 15.6. The molecule has 0 spiro atoms. The molecule has 0 heterocycles. The fourth-order valence-electron chi connectivity index (χ4n) is 2.47. The number of hydrogen-bond donors (Lipinski definition) is 1. The predicted molar refractivity (Wildman–Crippen MR) is 84.6 cm³/mol. The summed E-state index contributed by atoms with van der Waals surface area (Å²) in [7, 11) is 0. The fourth-order valence-corrected chi connectivity index (χ4v) is 3.79. The van der Waals surface area contributed by atoms with E-state index >= 15 is 0 Å². The average Bonchev–Trinajstić information content (AvgIpc) is 2.40. The van der Waals surface area contributed by atoms with Gasteiger partial charge < -0.3 is 5.73 Å². The van der Waals surface area contributed by atoms with Crippen molar-refractivity contribution in [3.63, 3.8) is 0 Å². The SMILES string of the molecule is [2H]C([2H])([2H])N(Cc1cc(Br)cc(Br)c1N)C1CCCCC1. The lowest BCUT2D eigenvalue weighted by atomic mass is 9.94. The van der Waals surface area contributed by atoms with Crippen molar-refractivity contribution < 1.29 is 4.11 Å². The van der Waals surface area contributed by atoms with Gasteiger partial charge in [0.05, 0.1) is 5.69 Å². The monoisotopic (exact) mass is 377 g/mol. The maximum Gasteiger partial charge on any atom is 0.0504 e. The molecule has 2 rings (SSSR count). The van der Waals surface area contributed by atoms with E-state index in [0.29, 0.717) is 12.2 Å². The van der Waals surface area contributed by atoms with E-state index in [1.807, 2.05) is 12.1 Å². The van der Waals surface area contributed by atoms with Gasteiger partial charge in [-0.25, -0.2) is 0 Å². The Hall–Kier alpha value is -0.0600. The highest BCUT2D eigenvalue weighted by molar-refractivity contribution is 9.11. The minimum Gasteiger partial charge on any atom is -0.398 e. The third-order valence-corrected chi connectivity index (χ3v) is 4.65. The van der Waals surface area contributed by atoms with Crippen LogP contribution in [0.2, 0.25) is 0 Å². The molecular formula is C14H20Br2N2. The van der Waals surface area contributed by atoms with Crippen LogP contribution in [0.3, 0.4) is 0 Å². The van der Waals surface area contributed by atoms with Gasteiger partial charge in [0.1, 0.15) is 0 Å². The van der Waals surface area contributed by atoms with Crippen molar-refractivity contribution in [1.29, 1.82) is 0 Å². The summed E-state index contributed by atoms with van der Waals surface area (Å²) in [6.07, 6.45) is 5.32. The van der Waals surface area contributed by atoms with Crippen LogP contribution < -0.4 is 5.73 Å². The van der Waals surface area contributed by atoms with Gasteiger partial charge in [0.2, 0.25) is 0 Å². The first-order valence-corrected chi connectivity index (χ1v) is 7.88. The predicted octanol–water partition coefficient (Wildman–Crippen LogP) is 4.56. The number of nitrogen functional groups attached to an aromatic ring is 1. The fraction of sp³-hybridized carbons (Fsp3) is 0.571. The van der Waals surface area contributed by atoms with Crippen LogP contribution in [-0.2, 0) is 6.54 Å². The van der Waals surface area contributed by atoms with E-state index in [1.165, 1.54) is 6.42 Å². The maximum absolute atomic E-state index is 7.85. The molecule has 0 unspecified atom stereocenters. The average molecular weight is 379 g/mol. The molecule has 2 N–H and O–H groups in total. The Kier molecular flexibility index (Phi) is 3.80. The first kappa shape index (κ1) is 10.7. The highest BCUT2D eigenvalue weighted by atomic mass is 79.9. The molecule has 1 aliphatic carbocycles. The number of nitrogens with zero attached hydrogens (tertiary/aromatic N) is 1. The quantitative estimate of drug-likeness (QED) is 0.781. The van der Waals surface area contributed by atoms with Crippen LogP contribution >= 0.6 is 31.9 Å². The Bertz CT molecular complexity index is 500. The summed E-state index contributed by atoms with van der Waals surface area (Å²) in [4.78, 5) is 1.64. The molecule has 1 saturated carbocycles. The van der Waals surface area contributed by atoms with Crippen LogP contribution in [0, 0.1) is 0 Å². The molecule has 0 atom stereocenters. The standard InChI is InChI=1S/C14H20Br2N2/c1-18(12-5-3-2-4-6-12)9-10-7-11(15)8-13(16)14(10)17/h7-8,12H,2-6,9,17H2,1H3/i1D3. The molecule has 100 valence electrons. The third-order valence-electron chi connectivity index (χ3n) is 3.54. The Morgan fingerprint density at radius 3 is 2.72 bits per heavy atom. The molecule has 1 fully saturated rings. The van der Waals surface area contributed by atoms with Gasteiger partial charge in [0.15, 0.2) is 0 Å². The molecule has 0 saturated heterocycles. The van der Waals surface area contributed by atoms with Gasteiger partial charge in [0, 0.05) is 25.6 Å². The van der Waals surface area contributed by atoms with Crippen molar-refractivity contribution >= 4 is 37.5 Å². The van der Waals surface area contributed by atoms with Crippen LogP contribution in [0.4, 0.5) is 5.69 Å². The molecule has 0 radical (unpaired) electrons. The first-order chi connectivity index (χ1) is 9.79. The second-order valence-corrected chi connectivity index (χ2v) is 6.65. The number of rotatable bonds is 3. The lowest BCUT2D eigenvalue weighted by Crippen LogP contribution is -2.33. The Balaban J connectivity index is 2.27. The van der Waals surface area contributed by atoms with E-state index in [2.05, 4.69) is 31.9 Å². The summed E-state index contributed by atoms with van der Waals surface area (Å²) in [6.45, 7) is -1.74. The van der Waals surface area contributed by atoms with E-state index in [-0.39, 0.29) is 6.04 Å². The molecule has 2 nitrogen and oxygen atoms in total. The largest absolute Gasteiger partial charge is 0.398 e. The van der Waals surface area contributed by atoms with Gasteiger partial charge >= 0.3 is 0 Å². The smallest absolute Gasteiger partial charge is 0.0504 e. The lowest BCUT2D eigenvalue weighted by Gasteiger charge is -2.31. The van der Waals surface area contributed by atoms with E-state index < -0.39 is 6.98 Å². The second kappa shape index (κ2) is 6.40. The molecule has 0 bridgehead atoms. The topological polar surface area (TPSA) is 29.3 Å². The molecule has 1 aromatic carbocycles. The third kappa shape index (κ3) is 3.49. The normalized spacial score (nSPS) is 20.5. The van der Waals surface area contributed by atoms with Gasteiger partial charge in [-0.3, -0.25) is 4.90 Å². The highest BCUT2D eigenvalue weighted by Gasteiger charge is 2.19. The first-order valence-electron chi connectivity index (χ1n) is 7.79. The van der Waals surface area contributed by atoms with Crippen molar-refractivity contribution in [2.75, 3.05) is 12.7 Å². The summed E-state index contributed by atoms with van der Waals surface area (Å²) in [5.74, 6) is 0. The lowest BCUT2D eigenvalue weighted by molar-refractivity contribution is 0.185. The summed E-state index contributed by atoms with van der Waals surface area (Å²) in [6, 6.07) is 3.89. The molecule has 1 aliphatic rings. The van der Waals surface area contributed by atoms with Crippen LogP contribution in [0.5, 0.6) is 0 Å². The van der Waals surface area contributed by atoms with Gasteiger partial charge in [-0.2, -0.15) is 0 Å². The summed E-state index contributed by atoms with van der Waals surface area (Å²) in [5, 5.41) is 0. The molecule has 0 amide bonds. The zero-order valence-corrected chi connectivity index (χ0v) is 13.4. The van der Waals surface area contributed by atoms with Gasteiger partial charge in [-0.15, -0.1) is 0 Å².